The predicted octanol–water partition coefficient (Wildman–Crippen LogP) is 3.35. The Hall–Kier alpha value is -1.61. The van der Waals surface area contributed by atoms with E-state index in [9.17, 15) is 5.11 Å². The number of aromatic nitrogens is 1. The van der Waals surface area contributed by atoms with Crippen LogP contribution >= 0.6 is 0 Å². The lowest BCUT2D eigenvalue weighted by Crippen LogP contribution is -2.40. The number of pyridine rings is 1. The summed E-state index contributed by atoms with van der Waals surface area (Å²) in [5.41, 5.74) is 2.84. The molecule has 0 saturated heterocycles. The summed E-state index contributed by atoms with van der Waals surface area (Å²) in [5.74, 6) is 0. The van der Waals surface area contributed by atoms with Crippen LogP contribution in [-0.2, 0) is 6.61 Å². The van der Waals surface area contributed by atoms with Gasteiger partial charge in [-0.2, -0.15) is 0 Å². The molecule has 0 aliphatic heterocycles. The van der Waals surface area contributed by atoms with Crippen molar-refractivity contribution in [2.75, 3.05) is 11.9 Å². The Balaban J connectivity index is 2.64. The highest BCUT2D eigenvalue weighted by atomic mass is 16.3. The third kappa shape index (κ3) is 2.56. The molecular formula is C16H22N2O. The summed E-state index contributed by atoms with van der Waals surface area (Å²) in [6.45, 7) is 6.60. The first-order valence-corrected chi connectivity index (χ1v) is 6.73. The lowest BCUT2D eigenvalue weighted by Gasteiger charge is -2.37. The van der Waals surface area contributed by atoms with Crippen LogP contribution in [0.15, 0.2) is 30.3 Å². The van der Waals surface area contributed by atoms with Gasteiger partial charge in [0.05, 0.1) is 17.8 Å². The predicted molar refractivity (Wildman–Crippen MR) is 80.4 cm³/mol. The van der Waals surface area contributed by atoms with Gasteiger partial charge in [0.15, 0.2) is 0 Å². The summed E-state index contributed by atoms with van der Waals surface area (Å²) < 4.78 is 0. The monoisotopic (exact) mass is 258 g/mol. The van der Waals surface area contributed by atoms with Crippen molar-refractivity contribution in [3.8, 4) is 0 Å². The van der Waals surface area contributed by atoms with E-state index in [1.165, 1.54) is 0 Å². The molecule has 3 heteroatoms. The molecule has 0 aliphatic carbocycles. The fourth-order valence-electron chi connectivity index (χ4n) is 2.13. The van der Waals surface area contributed by atoms with Crippen LogP contribution in [0.1, 0.15) is 32.9 Å². The number of fused-ring (bicyclic) bond motifs is 1. The number of hydrogen-bond donors (Lipinski definition) is 1. The molecule has 3 nitrogen and oxygen atoms in total. The van der Waals surface area contributed by atoms with Crippen LogP contribution in [0.3, 0.4) is 0 Å². The van der Waals surface area contributed by atoms with Gasteiger partial charge in [-0.25, -0.2) is 0 Å². The lowest BCUT2D eigenvalue weighted by molar-refractivity contribution is 0.277. The van der Waals surface area contributed by atoms with Gasteiger partial charge in [-0.05, 0) is 32.4 Å². The Morgan fingerprint density at radius 3 is 2.58 bits per heavy atom. The zero-order valence-corrected chi connectivity index (χ0v) is 12.1. The van der Waals surface area contributed by atoms with Gasteiger partial charge < -0.3 is 10.0 Å². The highest BCUT2D eigenvalue weighted by Crippen LogP contribution is 2.31. The third-order valence-corrected chi connectivity index (χ3v) is 4.04. The standard InChI is InChI=1S/C16H22N2O/c1-5-16(2,3)18(4)15-10-12(11-19)17-14-9-7-6-8-13(14)15/h6-10,19H,5,11H2,1-4H3. The number of para-hydroxylation sites is 1. The molecule has 102 valence electrons. The number of hydrogen-bond acceptors (Lipinski definition) is 3. The van der Waals surface area contributed by atoms with E-state index in [1.54, 1.807) is 0 Å². The smallest absolute Gasteiger partial charge is 0.0854 e. The molecule has 0 bridgehead atoms. The lowest BCUT2D eigenvalue weighted by atomic mass is 9.98. The SMILES string of the molecule is CCC(C)(C)N(C)c1cc(CO)nc2ccccc12. The van der Waals surface area contributed by atoms with Crippen LogP contribution in [0, 0.1) is 0 Å². The number of rotatable bonds is 4. The summed E-state index contributed by atoms with van der Waals surface area (Å²) >= 11 is 0. The zero-order valence-electron chi connectivity index (χ0n) is 12.1. The second-order valence-electron chi connectivity index (χ2n) is 5.53. The highest BCUT2D eigenvalue weighted by Gasteiger charge is 2.23. The topological polar surface area (TPSA) is 36.4 Å². The van der Waals surface area contributed by atoms with E-state index < -0.39 is 0 Å². The summed E-state index contributed by atoms with van der Waals surface area (Å²) in [6.07, 6.45) is 1.05. The number of nitrogens with zero attached hydrogens (tertiary/aromatic N) is 2. The maximum absolute atomic E-state index is 9.38. The highest BCUT2D eigenvalue weighted by molar-refractivity contribution is 5.92. The summed E-state index contributed by atoms with van der Waals surface area (Å²) in [5, 5.41) is 10.5. The van der Waals surface area contributed by atoms with Crippen LogP contribution in [-0.4, -0.2) is 22.7 Å². The van der Waals surface area contributed by atoms with E-state index in [1.807, 2.05) is 24.3 Å². The van der Waals surface area contributed by atoms with E-state index in [0.717, 1.165) is 23.0 Å². The second-order valence-corrected chi connectivity index (χ2v) is 5.53. The summed E-state index contributed by atoms with van der Waals surface area (Å²) in [7, 11) is 2.10. The Morgan fingerprint density at radius 2 is 1.95 bits per heavy atom. The molecule has 0 aliphatic rings. The first-order valence-electron chi connectivity index (χ1n) is 6.73. The molecule has 0 spiro atoms. The van der Waals surface area contributed by atoms with E-state index in [-0.39, 0.29) is 12.1 Å². The van der Waals surface area contributed by atoms with Crippen molar-refractivity contribution in [1.29, 1.82) is 0 Å². The van der Waals surface area contributed by atoms with Crippen molar-refractivity contribution >= 4 is 16.6 Å². The maximum Gasteiger partial charge on any atom is 0.0854 e. The molecule has 0 fully saturated rings. The minimum Gasteiger partial charge on any atom is -0.390 e. The molecule has 1 aromatic heterocycles. The molecule has 19 heavy (non-hydrogen) atoms. The largest absolute Gasteiger partial charge is 0.390 e. The zero-order chi connectivity index (χ0) is 14.0. The van der Waals surface area contributed by atoms with Crippen LogP contribution in [0.5, 0.6) is 0 Å². The number of benzene rings is 1. The molecule has 0 saturated carbocycles. The Morgan fingerprint density at radius 1 is 1.26 bits per heavy atom. The quantitative estimate of drug-likeness (QED) is 0.913. The Labute approximate surface area is 114 Å². The van der Waals surface area contributed by atoms with Gasteiger partial charge in [-0.1, -0.05) is 25.1 Å². The van der Waals surface area contributed by atoms with Crippen molar-refractivity contribution in [1.82, 2.24) is 4.98 Å². The number of anilines is 1. The fraction of sp³-hybridized carbons (Fsp3) is 0.438. The summed E-state index contributed by atoms with van der Waals surface area (Å²) in [4.78, 5) is 6.74. The van der Waals surface area contributed by atoms with Crippen LogP contribution < -0.4 is 4.90 Å². The molecule has 1 heterocycles. The number of aliphatic hydroxyl groups is 1. The fourth-order valence-corrected chi connectivity index (χ4v) is 2.13. The first-order chi connectivity index (χ1) is 8.99. The molecule has 0 unspecified atom stereocenters. The van der Waals surface area contributed by atoms with Crippen molar-refractivity contribution < 1.29 is 5.11 Å². The molecule has 0 amide bonds. The molecule has 1 N–H and O–H groups in total. The minimum absolute atomic E-state index is 0.0295. The van der Waals surface area contributed by atoms with Crippen molar-refractivity contribution in [2.45, 2.75) is 39.3 Å². The van der Waals surface area contributed by atoms with Crippen LogP contribution in [0.25, 0.3) is 10.9 Å². The molecule has 0 atom stereocenters. The van der Waals surface area contributed by atoms with Gasteiger partial charge >= 0.3 is 0 Å². The van der Waals surface area contributed by atoms with Gasteiger partial charge in [0.2, 0.25) is 0 Å². The van der Waals surface area contributed by atoms with E-state index >= 15 is 0 Å². The average Bonchev–Trinajstić information content (AvgIpc) is 2.45. The van der Waals surface area contributed by atoms with Gasteiger partial charge in [0, 0.05) is 23.7 Å². The third-order valence-electron chi connectivity index (χ3n) is 4.04. The van der Waals surface area contributed by atoms with Crippen molar-refractivity contribution in [2.24, 2.45) is 0 Å². The number of aliphatic hydroxyl groups excluding tert-OH is 1. The summed E-state index contributed by atoms with van der Waals surface area (Å²) in [6, 6.07) is 10.1. The van der Waals surface area contributed by atoms with E-state index in [4.69, 9.17) is 0 Å². The van der Waals surface area contributed by atoms with Crippen molar-refractivity contribution in [3.63, 3.8) is 0 Å². The Bertz CT molecular complexity index is 578. The minimum atomic E-state index is -0.0295. The Kier molecular flexibility index (Phi) is 3.76. The van der Waals surface area contributed by atoms with Gasteiger partial charge in [0.1, 0.15) is 0 Å². The van der Waals surface area contributed by atoms with Gasteiger partial charge in [-0.3, -0.25) is 4.98 Å². The molecule has 2 aromatic rings. The van der Waals surface area contributed by atoms with Crippen molar-refractivity contribution in [3.05, 3.63) is 36.0 Å². The normalized spacial score (nSPS) is 11.8. The molecular weight excluding hydrogens is 236 g/mol. The molecule has 2 rings (SSSR count). The second kappa shape index (κ2) is 5.17. The van der Waals surface area contributed by atoms with Crippen LogP contribution in [0.4, 0.5) is 5.69 Å². The van der Waals surface area contributed by atoms with Crippen LogP contribution in [0.2, 0.25) is 0 Å². The first kappa shape index (κ1) is 13.8. The van der Waals surface area contributed by atoms with Gasteiger partial charge in [-0.15, -0.1) is 0 Å². The molecule has 0 radical (unpaired) electrons. The average molecular weight is 258 g/mol. The maximum atomic E-state index is 9.38. The van der Waals surface area contributed by atoms with E-state index in [0.29, 0.717) is 5.69 Å². The van der Waals surface area contributed by atoms with Gasteiger partial charge in [0.25, 0.3) is 0 Å². The van der Waals surface area contributed by atoms with E-state index in [2.05, 4.69) is 43.8 Å². The molecule has 1 aromatic carbocycles.